The van der Waals surface area contributed by atoms with Gasteiger partial charge in [-0.2, -0.15) is 0 Å². The van der Waals surface area contributed by atoms with Gasteiger partial charge in [0.2, 0.25) is 0 Å². The molecule has 0 aliphatic heterocycles. The van der Waals surface area contributed by atoms with Crippen LogP contribution >= 0.6 is 7.26 Å². The van der Waals surface area contributed by atoms with E-state index in [0.29, 0.717) is 11.7 Å². The normalized spacial score (nSPS) is 12.0. The van der Waals surface area contributed by atoms with Gasteiger partial charge in [0.05, 0.1) is 10.4 Å². The second-order valence-corrected chi connectivity index (χ2v) is 14.6. The number of aromatic nitrogens is 1. The Morgan fingerprint density at radius 1 is 0.526 bits per heavy atom. The topological polar surface area (TPSA) is 39.1 Å². The lowest BCUT2D eigenvalue weighted by Crippen LogP contribution is -2.32. The lowest BCUT2D eigenvalue weighted by Gasteiger charge is -2.27. The first-order valence-electron chi connectivity index (χ1n) is 12.6. The van der Waals surface area contributed by atoms with Crippen LogP contribution in [0.2, 0.25) is 0 Å². The third-order valence-corrected chi connectivity index (χ3v) is 13.1. The molecule has 0 bridgehead atoms. The molecule has 38 heavy (non-hydrogen) atoms. The number of fused-ring (bicyclic) bond motifs is 1. The largest absolute Gasteiger partial charge is 0.268 e. The van der Waals surface area contributed by atoms with Crippen molar-refractivity contribution in [1.29, 1.82) is 0 Å². The zero-order valence-electron chi connectivity index (χ0n) is 20.8. The molecule has 1 heterocycles. The summed E-state index contributed by atoms with van der Waals surface area (Å²) in [5, 5.41) is 4.75. The van der Waals surface area contributed by atoms with E-state index in [1.54, 1.807) is 24.3 Å². The summed E-state index contributed by atoms with van der Waals surface area (Å²) in [6.45, 7) is 0. The molecule has 0 amide bonds. The second kappa shape index (κ2) is 10.1. The highest BCUT2D eigenvalue weighted by Crippen LogP contribution is 2.58. The Hall–Kier alpha value is -3.98. The van der Waals surface area contributed by atoms with E-state index in [2.05, 4.69) is 72.8 Å². The maximum atomic E-state index is 13.8. The van der Waals surface area contributed by atoms with Gasteiger partial charge in [0.25, 0.3) is 10.0 Å². The molecule has 0 saturated carbocycles. The van der Waals surface area contributed by atoms with Crippen molar-refractivity contribution in [3.8, 4) is 0 Å². The molecule has 0 unspecified atom stereocenters. The quantitative estimate of drug-likeness (QED) is 0.224. The van der Waals surface area contributed by atoms with Crippen LogP contribution in [0.25, 0.3) is 10.9 Å². The lowest BCUT2D eigenvalue weighted by atomic mass is 10.2. The summed E-state index contributed by atoms with van der Waals surface area (Å²) in [7, 11) is -5.96. The van der Waals surface area contributed by atoms with Crippen LogP contribution in [0.5, 0.6) is 0 Å². The van der Waals surface area contributed by atoms with Crippen LogP contribution in [0.3, 0.4) is 0 Å². The van der Waals surface area contributed by atoms with Gasteiger partial charge in [0.15, 0.2) is 0 Å². The van der Waals surface area contributed by atoms with Gasteiger partial charge in [-0.15, -0.1) is 0 Å². The molecule has 6 aromatic rings. The van der Waals surface area contributed by atoms with Crippen LogP contribution in [-0.2, 0) is 16.2 Å². The second-order valence-electron chi connectivity index (χ2n) is 9.26. The molecule has 5 aromatic carbocycles. The molecule has 0 aliphatic rings. The Labute approximate surface area is 224 Å². The maximum absolute atomic E-state index is 13.8. The van der Waals surface area contributed by atoms with E-state index in [1.807, 2.05) is 54.7 Å². The SMILES string of the molecule is O=S(=O)(c1ccccc1)n1cc(C[P+](c2ccccc2)(c2ccccc2)c2ccccc2)c2ccccc21. The molecule has 5 heteroatoms. The molecule has 0 saturated heterocycles. The first-order chi connectivity index (χ1) is 18.6. The molecule has 0 radical (unpaired) electrons. The van der Waals surface area contributed by atoms with E-state index < -0.39 is 17.3 Å². The van der Waals surface area contributed by atoms with Crippen LogP contribution in [0, 0.1) is 0 Å². The monoisotopic (exact) mass is 532 g/mol. The number of hydrogen-bond donors (Lipinski definition) is 0. The average molecular weight is 533 g/mol. The Bertz CT molecular complexity index is 1690. The van der Waals surface area contributed by atoms with Gasteiger partial charge in [-0.3, -0.25) is 0 Å². The van der Waals surface area contributed by atoms with Crippen LogP contribution in [0.1, 0.15) is 5.56 Å². The number of benzene rings is 5. The van der Waals surface area contributed by atoms with Gasteiger partial charge < -0.3 is 0 Å². The summed E-state index contributed by atoms with van der Waals surface area (Å²) < 4.78 is 29.1. The van der Waals surface area contributed by atoms with Crippen molar-refractivity contribution in [3.63, 3.8) is 0 Å². The smallest absolute Gasteiger partial charge is 0.241 e. The first-order valence-corrected chi connectivity index (χ1v) is 16.0. The first kappa shape index (κ1) is 24.4. The van der Waals surface area contributed by atoms with Crippen molar-refractivity contribution in [2.75, 3.05) is 0 Å². The summed E-state index contributed by atoms with van der Waals surface area (Å²) in [5.74, 6) is 0. The number of hydrogen-bond acceptors (Lipinski definition) is 2. The number of nitrogens with zero attached hydrogens (tertiary/aromatic N) is 1. The van der Waals surface area contributed by atoms with Crippen molar-refractivity contribution in [3.05, 3.63) is 157 Å². The van der Waals surface area contributed by atoms with Crippen LogP contribution in [0.15, 0.2) is 157 Å². The highest BCUT2D eigenvalue weighted by Gasteiger charge is 2.46. The molecule has 0 N–H and O–H groups in total. The predicted octanol–water partition coefficient (Wildman–Crippen LogP) is 6.37. The fourth-order valence-electron chi connectivity index (χ4n) is 5.27. The van der Waals surface area contributed by atoms with Gasteiger partial charge in [-0.25, -0.2) is 12.4 Å². The van der Waals surface area contributed by atoms with Crippen LogP contribution < -0.4 is 15.9 Å². The average Bonchev–Trinajstić information content (AvgIpc) is 3.37. The van der Waals surface area contributed by atoms with E-state index in [0.717, 1.165) is 10.9 Å². The summed E-state index contributed by atoms with van der Waals surface area (Å²) in [5.41, 5.74) is 1.71. The molecule has 0 aliphatic carbocycles. The highest BCUT2D eigenvalue weighted by atomic mass is 32.2. The van der Waals surface area contributed by atoms with Crippen molar-refractivity contribution in [2.24, 2.45) is 0 Å². The summed E-state index contributed by atoms with van der Waals surface area (Å²) >= 11 is 0. The van der Waals surface area contributed by atoms with Crippen molar-refractivity contribution < 1.29 is 8.42 Å². The lowest BCUT2D eigenvalue weighted by molar-refractivity contribution is 0.589. The number of rotatable bonds is 7. The fourth-order valence-corrected chi connectivity index (χ4v) is 10.9. The third-order valence-electron chi connectivity index (χ3n) is 7.06. The maximum Gasteiger partial charge on any atom is 0.268 e. The molecule has 0 spiro atoms. The van der Waals surface area contributed by atoms with Gasteiger partial charge >= 0.3 is 0 Å². The summed E-state index contributed by atoms with van der Waals surface area (Å²) in [6.07, 6.45) is 2.54. The molecule has 1 aromatic heterocycles. The van der Waals surface area contributed by atoms with Crippen molar-refractivity contribution >= 4 is 44.1 Å². The summed E-state index contributed by atoms with van der Waals surface area (Å²) in [6, 6.07) is 48.5. The van der Waals surface area contributed by atoms with Gasteiger partial charge in [-0.05, 0) is 54.6 Å². The molecule has 186 valence electrons. The van der Waals surface area contributed by atoms with Gasteiger partial charge in [-0.1, -0.05) is 91.0 Å². The van der Waals surface area contributed by atoms with Crippen molar-refractivity contribution in [2.45, 2.75) is 11.1 Å². The Balaban J connectivity index is 1.63. The fraction of sp³-hybridized carbons (Fsp3) is 0.0303. The minimum absolute atomic E-state index is 0.280. The molecule has 6 rings (SSSR count). The van der Waals surface area contributed by atoms with Gasteiger partial charge in [0.1, 0.15) is 29.3 Å². The number of para-hydroxylation sites is 1. The molecule has 0 fully saturated rings. The zero-order valence-corrected chi connectivity index (χ0v) is 22.5. The minimum atomic E-state index is -3.77. The molecule has 0 atom stereocenters. The van der Waals surface area contributed by atoms with E-state index in [1.165, 1.54) is 19.9 Å². The minimum Gasteiger partial charge on any atom is -0.241 e. The van der Waals surface area contributed by atoms with E-state index in [4.69, 9.17) is 0 Å². The van der Waals surface area contributed by atoms with E-state index in [-0.39, 0.29) is 4.90 Å². The molecular formula is C33H27NO2PS+. The summed E-state index contributed by atoms with van der Waals surface area (Å²) in [4.78, 5) is 0.280. The van der Waals surface area contributed by atoms with Crippen LogP contribution in [-0.4, -0.2) is 12.4 Å². The third kappa shape index (κ3) is 4.16. The Morgan fingerprint density at radius 2 is 0.947 bits per heavy atom. The van der Waals surface area contributed by atoms with E-state index >= 15 is 0 Å². The van der Waals surface area contributed by atoms with Crippen LogP contribution in [0.4, 0.5) is 0 Å². The van der Waals surface area contributed by atoms with Crippen molar-refractivity contribution in [1.82, 2.24) is 3.97 Å². The molecular weight excluding hydrogens is 505 g/mol. The van der Waals surface area contributed by atoms with Gasteiger partial charge in [0, 0.05) is 17.1 Å². The molecule has 3 nitrogen and oxygen atoms in total. The highest BCUT2D eigenvalue weighted by molar-refractivity contribution is 7.95. The Morgan fingerprint density at radius 3 is 1.45 bits per heavy atom. The Kier molecular flexibility index (Phi) is 6.45. The van der Waals surface area contributed by atoms with E-state index in [9.17, 15) is 8.42 Å². The standard InChI is InChI=1S/C33H27NO2PS/c35-38(36,31-21-11-4-12-22-31)34-25-27(32-23-13-14-24-33(32)34)26-37(28-15-5-1-6-16-28,29-17-7-2-8-18-29)30-19-9-3-10-20-30/h1-25H,26H2/q+1. The zero-order chi connectivity index (χ0) is 26.0. The predicted molar refractivity (Wildman–Crippen MR) is 160 cm³/mol.